The zero-order valence-corrected chi connectivity index (χ0v) is 14.9. The van der Waals surface area contributed by atoms with Gasteiger partial charge in [0.25, 0.3) is 0 Å². The molecule has 28 heavy (non-hydrogen) atoms. The molecule has 0 bridgehead atoms. The number of rotatable bonds is 5. The summed E-state index contributed by atoms with van der Waals surface area (Å²) in [5, 5.41) is 0. The van der Waals surface area contributed by atoms with Crippen molar-refractivity contribution in [3.8, 4) is 34.3 Å². The van der Waals surface area contributed by atoms with Crippen LogP contribution in [0, 0.1) is 0 Å². The molecule has 0 radical (unpaired) electrons. The normalized spacial score (nSPS) is 11.3. The zero-order chi connectivity index (χ0) is 20.3. The second-order valence-electron chi connectivity index (χ2n) is 5.66. The molecular weight excluding hydrogens is 377 g/mol. The summed E-state index contributed by atoms with van der Waals surface area (Å²) in [6.07, 6.45) is -0.0946. The predicted molar refractivity (Wildman–Crippen MR) is 92.7 cm³/mol. The van der Waals surface area contributed by atoms with Gasteiger partial charge < -0.3 is 14.5 Å². The molecule has 0 saturated carbocycles. The Morgan fingerprint density at radius 1 is 1.18 bits per heavy atom. The molecule has 3 aromatic heterocycles. The molecule has 0 unspecified atom stereocenters. The van der Waals surface area contributed by atoms with Gasteiger partial charge >= 0.3 is 12.1 Å². The number of hydrogen-bond acceptors (Lipinski definition) is 6. The molecule has 3 aromatic rings. The Hall–Kier alpha value is -3.43. The van der Waals surface area contributed by atoms with Crippen LogP contribution < -0.4 is 9.47 Å². The first-order valence-corrected chi connectivity index (χ1v) is 8.15. The van der Waals surface area contributed by atoms with E-state index in [9.17, 15) is 18.0 Å². The van der Waals surface area contributed by atoms with E-state index in [2.05, 4.69) is 24.7 Å². The largest absolute Gasteiger partial charge is 0.495 e. The van der Waals surface area contributed by atoms with E-state index in [4.69, 9.17) is 4.74 Å². The van der Waals surface area contributed by atoms with Gasteiger partial charge in [0, 0.05) is 23.7 Å². The van der Waals surface area contributed by atoms with E-state index in [-0.39, 0.29) is 11.3 Å². The fourth-order valence-electron chi connectivity index (χ4n) is 2.38. The Morgan fingerprint density at radius 2 is 1.96 bits per heavy atom. The Labute approximate surface area is 157 Å². The second kappa shape index (κ2) is 7.67. The molecule has 0 saturated heterocycles. The van der Waals surface area contributed by atoms with E-state index < -0.39 is 18.0 Å². The Morgan fingerprint density at radius 3 is 2.61 bits per heavy atom. The summed E-state index contributed by atoms with van der Waals surface area (Å²) >= 11 is 0. The van der Waals surface area contributed by atoms with Crippen LogP contribution >= 0.6 is 0 Å². The summed E-state index contributed by atoms with van der Waals surface area (Å²) in [6.45, 7) is 1.96. The minimum atomic E-state index is -5.15. The molecule has 0 amide bonds. The van der Waals surface area contributed by atoms with Crippen molar-refractivity contribution in [1.82, 2.24) is 19.9 Å². The number of hydrogen-bond donors (Lipinski definition) is 1. The lowest BCUT2D eigenvalue weighted by atomic mass is 10.1. The molecule has 0 aliphatic heterocycles. The molecule has 0 aliphatic rings. The van der Waals surface area contributed by atoms with Gasteiger partial charge in [-0.1, -0.05) is 6.92 Å². The highest BCUT2D eigenvalue weighted by Crippen LogP contribution is 2.33. The number of esters is 1. The SMILES string of the molecule is CCc1cnc(-c2cc(-c3cc(OC)cnc3OC(=O)C(F)(F)F)ccn2)[nH]1. The van der Waals surface area contributed by atoms with Crippen molar-refractivity contribution in [2.75, 3.05) is 7.11 Å². The first-order chi connectivity index (χ1) is 13.3. The Balaban J connectivity index is 2.04. The first kappa shape index (κ1) is 19.3. The molecule has 7 nitrogen and oxygen atoms in total. The molecule has 0 aliphatic carbocycles. The topological polar surface area (TPSA) is 90.0 Å². The highest BCUT2D eigenvalue weighted by Gasteiger charge is 2.42. The fraction of sp³-hybridized carbons (Fsp3) is 0.222. The standard InChI is InChI=1S/C18H15F3N4O3/c1-3-11-8-23-15(25-11)14-6-10(4-5-22-14)13-7-12(27-2)9-24-16(13)28-17(26)18(19,20)21/h4-9H,3H2,1-2H3,(H,23,25). The van der Waals surface area contributed by atoms with E-state index in [1.165, 1.54) is 19.4 Å². The minimum Gasteiger partial charge on any atom is -0.495 e. The molecule has 10 heteroatoms. The summed E-state index contributed by atoms with van der Waals surface area (Å²) in [5.74, 6) is -2.07. The maximum absolute atomic E-state index is 12.6. The molecule has 0 spiro atoms. The number of ether oxygens (including phenoxy) is 2. The highest BCUT2D eigenvalue weighted by molar-refractivity contribution is 5.81. The van der Waals surface area contributed by atoms with Gasteiger partial charge in [0.05, 0.1) is 13.3 Å². The Kier molecular flexibility index (Phi) is 5.30. The van der Waals surface area contributed by atoms with Gasteiger partial charge in [0.1, 0.15) is 11.4 Å². The molecule has 0 aromatic carbocycles. The third kappa shape index (κ3) is 4.11. The number of pyridine rings is 2. The van der Waals surface area contributed by atoms with E-state index in [0.717, 1.165) is 18.3 Å². The van der Waals surface area contributed by atoms with Gasteiger partial charge in [-0.05, 0) is 30.2 Å². The molecule has 0 fully saturated rings. The summed E-state index contributed by atoms with van der Waals surface area (Å²) in [7, 11) is 1.38. The summed E-state index contributed by atoms with van der Waals surface area (Å²) in [5.41, 5.74) is 1.94. The maximum Gasteiger partial charge on any atom is 0.491 e. The van der Waals surface area contributed by atoms with E-state index in [0.29, 0.717) is 17.1 Å². The summed E-state index contributed by atoms with van der Waals surface area (Å²) in [6, 6.07) is 4.57. The van der Waals surface area contributed by atoms with Gasteiger partial charge in [0.2, 0.25) is 5.88 Å². The van der Waals surface area contributed by atoms with Crippen LogP contribution in [-0.4, -0.2) is 39.2 Å². The third-order valence-corrected chi connectivity index (χ3v) is 3.81. The quantitative estimate of drug-likeness (QED) is 0.668. The van der Waals surface area contributed by atoms with Gasteiger partial charge in [-0.25, -0.2) is 14.8 Å². The van der Waals surface area contributed by atoms with Gasteiger partial charge in [-0.15, -0.1) is 0 Å². The number of aromatic amines is 1. The average molecular weight is 392 g/mol. The van der Waals surface area contributed by atoms with Crippen LogP contribution in [0.3, 0.4) is 0 Å². The monoisotopic (exact) mass is 392 g/mol. The van der Waals surface area contributed by atoms with Gasteiger partial charge in [-0.2, -0.15) is 13.2 Å². The molecule has 3 rings (SSSR count). The van der Waals surface area contributed by atoms with E-state index >= 15 is 0 Å². The van der Waals surface area contributed by atoms with Gasteiger partial charge in [-0.3, -0.25) is 4.98 Å². The summed E-state index contributed by atoms with van der Waals surface area (Å²) in [4.78, 5) is 26.6. The van der Waals surface area contributed by atoms with Crippen molar-refractivity contribution < 1.29 is 27.4 Å². The fourth-order valence-corrected chi connectivity index (χ4v) is 2.38. The number of methoxy groups -OCH3 is 1. The predicted octanol–water partition coefficient (Wildman–Crippen LogP) is 3.57. The molecule has 3 heterocycles. The first-order valence-electron chi connectivity index (χ1n) is 8.15. The number of carbonyl (C=O) groups excluding carboxylic acids is 1. The number of alkyl halides is 3. The van der Waals surface area contributed by atoms with Crippen LogP contribution in [0.5, 0.6) is 11.6 Å². The molecular formula is C18H15F3N4O3. The second-order valence-corrected chi connectivity index (χ2v) is 5.66. The zero-order valence-electron chi connectivity index (χ0n) is 14.9. The third-order valence-electron chi connectivity index (χ3n) is 3.81. The molecule has 146 valence electrons. The van der Waals surface area contributed by atoms with Crippen LogP contribution in [-0.2, 0) is 11.2 Å². The lowest BCUT2D eigenvalue weighted by molar-refractivity contribution is -0.189. The number of aromatic nitrogens is 4. The number of H-pyrrole nitrogens is 1. The number of halogens is 3. The van der Waals surface area contributed by atoms with Crippen LogP contribution in [0.15, 0.2) is 36.8 Å². The van der Waals surface area contributed by atoms with Crippen LogP contribution in [0.2, 0.25) is 0 Å². The lowest BCUT2D eigenvalue weighted by Gasteiger charge is -2.12. The highest BCUT2D eigenvalue weighted by atomic mass is 19.4. The van der Waals surface area contributed by atoms with Gasteiger partial charge in [0.15, 0.2) is 5.82 Å². The summed E-state index contributed by atoms with van der Waals surface area (Å²) < 4.78 is 47.3. The number of carbonyl (C=O) groups is 1. The number of nitrogens with zero attached hydrogens (tertiary/aromatic N) is 3. The van der Waals surface area contributed by atoms with Crippen LogP contribution in [0.1, 0.15) is 12.6 Å². The van der Waals surface area contributed by atoms with E-state index in [1.807, 2.05) is 6.92 Å². The Bertz CT molecular complexity index is 1000. The number of aryl methyl sites for hydroxylation is 1. The van der Waals surface area contributed by atoms with Crippen LogP contribution in [0.4, 0.5) is 13.2 Å². The number of imidazole rings is 1. The smallest absolute Gasteiger partial charge is 0.491 e. The molecule has 1 N–H and O–H groups in total. The number of nitrogens with one attached hydrogen (secondary N) is 1. The van der Waals surface area contributed by atoms with Crippen molar-refractivity contribution in [2.24, 2.45) is 0 Å². The van der Waals surface area contributed by atoms with Crippen molar-refractivity contribution in [2.45, 2.75) is 19.5 Å². The van der Waals surface area contributed by atoms with Crippen molar-refractivity contribution >= 4 is 5.97 Å². The van der Waals surface area contributed by atoms with Crippen LogP contribution in [0.25, 0.3) is 22.6 Å². The van der Waals surface area contributed by atoms with Crippen molar-refractivity contribution in [1.29, 1.82) is 0 Å². The lowest BCUT2D eigenvalue weighted by Crippen LogP contribution is -2.28. The average Bonchev–Trinajstić information content (AvgIpc) is 3.17. The minimum absolute atomic E-state index is 0.142. The van der Waals surface area contributed by atoms with Crippen molar-refractivity contribution in [3.63, 3.8) is 0 Å². The van der Waals surface area contributed by atoms with E-state index in [1.54, 1.807) is 18.3 Å². The van der Waals surface area contributed by atoms with Crippen molar-refractivity contribution in [3.05, 3.63) is 42.5 Å². The maximum atomic E-state index is 12.6. The molecule has 0 atom stereocenters.